The van der Waals surface area contributed by atoms with Gasteiger partial charge in [0.1, 0.15) is 17.3 Å². The van der Waals surface area contributed by atoms with Gasteiger partial charge in [-0.05, 0) is 43.2 Å². The molecule has 0 radical (unpaired) electrons. The number of halogens is 1. The van der Waals surface area contributed by atoms with E-state index < -0.39 is 15.7 Å². The molecule has 0 fully saturated rings. The molecule has 0 amide bonds. The van der Waals surface area contributed by atoms with Crippen molar-refractivity contribution >= 4 is 15.6 Å². The predicted molar refractivity (Wildman–Crippen MR) is 93.7 cm³/mol. The van der Waals surface area contributed by atoms with Gasteiger partial charge in [0.25, 0.3) is 0 Å². The molecule has 0 bridgehead atoms. The minimum Gasteiger partial charge on any atom is -0.508 e. The van der Waals surface area contributed by atoms with Crippen molar-refractivity contribution in [3.05, 3.63) is 59.9 Å². The Morgan fingerprint density at radius 1 is 0.960 bits per heavy atom. The number of phenols is 1. The van der Waals surface area contributed by atoms with Gasteiger partial charge in [0.05, 0.1) is 10.6 Å². The van der Waals surface area contributed by atoms with Crippen LogP contribution in [0.5, 0.6) is 5.75 Å². The Morgan fingerprint density at radius 3 is 2.32 bits per heavy atom. The van der Waals surface area contributed by atoms with Crippen LogP contribution in [0.15, 0.2) is 53.4 Å². The lowest BCUT2D eigenvalue weighted by atomic mass is 10.0. The summed E-state index contributed by atoms with van der Waals surface area (Å²) in [7, 11) is -3.42. The van der Waals surface area contributed by atoms with Crippen LogP contribution in [0.3, 0.4) is 0 Å². The summed E-state index contributed by atoms with van der Waals surface area (Å²) < 4.78 is 37.0. The van der Waals surface area contributed by atoms with Crippen molar-refractivity contribution in [3.8, 4) is 5.75 Å². The lowest BCUT2D eigenvalue weighted by Crippen LogP contribution is -2.07. The Labute approximate surface area is 147 Å². The van der Waals surface area contributed by atoms with Crippen molar-refractivity contribution in [2.24, 2.45) is 0 Å². The average Bonchev–Trinajstić information content (AvgIpc) is 2.57. The minimum atomic E-state index is -3.42. The fraction of sp³-hybridized carbons (Fsp3) is 0.316. The molecule has 0 atom stereocenters. The maximum atomic E-state index is 12.8. The summed E-state index contributed by atoms with van der Waals surface area (Å²) in [5.74, 6) is -0.363. The van der Waals surface area contributed by atoms with E-state index >= 15 is 0 Å². The Morgan fingerprint density at radius 2 is 1.64 bits per heavy atom. The summed E-state index contributed by atoms with van der Waals surface area (Å²) in [6.45, 7) is 0. The zero-order valence-electron chi connectivity index (χ0n) is 13.8. The summed E-state index contributed by atoms with van der Waals surface area (Å²) in [6, 6.07) is 11.5. The molecule has 6 heteroatoms. The van der Waals surface area contributed by atoms with Gasteiger partial charge in [0, 0.05) is 18.4 Å². The molecule has 2 aromatic carbocycles. The molecule has 0 aromatic heterocycles. The van der Waals surface area contributed by atoms with Gasteiger partial charge >= 0.3 is 0 Å². The molecule has 0 aliphatic rings. The van der Waals surface area contributed by atoms with Gasteiger partial charge in [0.15, 0.2) is 9.84 Å². The van der Waals surface area contributed by atoms with Crippen molar-refractivity contribution in [1.29, 1.82) is 0 Å². The molecular weight excluding hydrogens is 343 g/mol. The molecule has 0 heterocycles. The van der Waals surface area contributed by atoms with Gasteiger partial charge in [-0.2, -0.15) is 0 Å². The third kappa shape index (κ3) is 5.98. The quantitative estimate of drug-likeness (QED) is 0.544. The Hall–Kier alpha value is -2.21. The number of ketones is 1. The standard InChI is InChI=1S/C19H21FO4S/c20-16-9-11-18(12-10-16)25(23,24)13-5-1-2-7-17(21)14-15-6-3-4-8-19(15)22/h3-4,6,8-12,22H,1-2,5,7,13-14H2. The van der Waals surface area contributed by atoms with Gasteiger partial charge in [-0.25, -0.2) is 12.8 Å². The summed E-state index contributed by atoms with van der Waals surface area (Å²) in [6.07, 6.45) is 2.20. The molecule has 0 aliphatic heterocycles. The maximum Gasteiger partial charge on any atom is 0.178 e. The summed E-state index contributed by atoms with van der Waals surface area (Å²) in [5.41, 5.74) is 0.603. The van der Waals surface area contributed by atoms with Crippen molar-refractivity contribution in [1.82, 2.24) is 0 Å². The number of para-hydroxylation sites is 1. The second-order valence-corrected chi connectivity index (χ2v) is 8.04. The third-order valence-corrected chi connectivity index (χ3v) is 5.74. The number of rotatable bonds is 9. The molecular formula is C19H21FO4S. The van der Waals surface area contributed by atoms with Gasteiger partial charge < -0.3 is 5.11 Å². The van der Waals surface area contributed by atoms with E-state index in [1.54, 1.807) is 24.3 Å². The number of Topliss-reactive ketones (excluding diaryl/α,β-unsaturated/α-hetero) is 1. The van der Waals surface area contributed by atoms with E-state index in [2.05, 4.69) is 0 Å². The highest BCUT2D eigenvalue weighted by Gasteiger charge is 2.14. The number of sulfone groups is 1. The van der Waals surface area contributed by atoms with Crippen LogP contribution >= 0.6 is 0 Å². The summed E-state index contributed by atoms with van der Waals surface area (Å²) in [5, 5.41) is 9.64. The first-order valence-corrected chi connectivity index (χ1v) is 9.80. The van der Waals surface area contributed by atoms with Crippen LogP contribution < -0.4 is 0 Å². The van der Waals surface area contributed by atoms with E-state index in [4.69, 9.17) is 0 Å². The minimum absolute atomic E-state index is 0.0166. The average molecular weight is 364 g/mol. The van der Waals surface area contributed by atoms with Crippen LogP contribution in [0.4, 0.5) is 4.39 Å². The Bertz CT molecular complexity index is 814. The number of unbranched alkanes of at least 4 members (excludes halogenated alkanes) is 2. The second-order valence-electron chi connectivity index (χ2n) is 5.93. The van der Waals surface area contributed by atoms with Crippen LogP contribution in [0.2, 0.25) is 0 Å². The molecule has 4 nitrogen and oxygen atoms in total. The smallest absolute Gasteiger partial charge is 0.178 e. The second kappa shape index (κ2) is 8.76. The van der Waals surface area contributed by atoms with Gasteiger partial charge in [-0.15, -0.1) is 0 Å². The number of hydrogen-bond acceptors (Lipinski definition) is 4. The van der Waals surface area contributed by atoms with Crippen LogP contribution in [0.1, 0.15) is 31.2 Å². The van der Waals surface area contributed by atoms with Gasteiger partial charge in [0.2, 0.25) is 0 Å². The molecule has 134 valence electrons. The molecule has 0 saturated carbocycles. The van der Waals surface area contributed by atoms with Crippen molar-refractivity contribution < 1.29 is 22.7 Å². The monoisotopic (exact) mass is 364 g/mol. The summed E-state index contributed by atoms with van der Waals surface area (Å²) in [4.78, 5) is 12.0. The Balaban J connectivity index is 1.71. The maximum absolute atomic E-state index is 12.8. The van der Waals surface area contributed by atoms with E-state index in [0.29, 0.717) is 31.2 Å². The largest absolute Gasteiger partial charge is 0.508 e. The van der Waals surface area contributed by atoms with Gasteiger partial charge in [-0.3, -0.25) is 4.79 Å². The number of hydrogen-bond donors (Lipinski definition) is 1. The molecule has 0 aliphatic carbocycles. The molecule has 0 unspecified atom stereocenters. The molecule has 2 rings (SSSR count). The first-order chi connectivity index (χ1) is 11.9. The van der Waals surface area contributed by atoms with Crippen LogP contribution in [-0.4, -0.2) is 25.1 Å². The number of phenolic OH excluding ortho intramolecular Hbond substituents is 1. The number of aromatic hydroxyl groups is 1. The van der Waals surface area contributed by atoms with E-state index in [1.807, 2.05) is 0 Å². The first kappa shape index (κ1) is 19.1. The zero-order valence-corrected chi connectivity index (χ0v) is 14.6. The fourth-order valence-corrected chi connectivity index (χ4v) is 3.88. The normalized spacial score (nSPS) is 11.4. The van der Waals surface area contributed by atoms with Crippen molar-refractivity contribution in [2.75, 3.05) is 5.75 Å². The number of carbonyl (C=O) groups is 1. The van der Waals surface area contributed by atoms with Crippen LogP contribution in [0, 0.1) is 5.82 Å². The molecule has 2 aromatic rings. The predicted octanol–water partition coefficient (Wildman–Crippen LogP) is 3.68. The van der Waals surface area contributed by atoms with Gasteiger partial charge in [-0.1, -0.05) is 24.6 Å². The van der Waals surface area contributed by atoms with E-state index in [1.165, 1.54) is 12.1 Å². The van der Waals surface area contributed by atoms with E-state index in [9.17, 15) is 22.7 Å². The number of benzene rings is 2. The topological polar surface area (TPSA) is 71.4 Å². The zero-order chi connectivity index (χ0) is 18.3. The van der Waals surface area contributed by atoms with Crippen LogP contribution in [0.25, 0.3) is 0 Å². The van der Waals surface area contributed by atoms with Crippen molar-refractivity contribution in [2.45, 2.75) is 37.0 Å². The highest BCUT2D eigenvalue weighted by Crippen LogP contribution is 2.18. The first-order valence-electron chi connectivity index (χ1n) is 8.15. The third-order valence-electron chi connectivity index (χ3n) is 3.92. The van der Waals surface area contributed by atoms with Crippen LogP contribution in [-0.2, 0) is 21.1 Å². The molecule has 0 spiro atoms. The fourth-order valence-electron chi connectivity index (χ4n) is 2.51. The highest BCUT2D eigenvalue weighted by molar-refractivity contribution is 7.91. The summed E-state index contributed by atoms with van der Waals surface area (Å²) >= 11 is 0. The van der Waals surface area contributed by atoms with E-state index in [0.717, 1.165) is 12.1 Å². The number of carbonyl (C=O) groups excluding carboxylic acids is 1. The van der Waals surface area contributed by atoms with Crippen molar-refractivity contribution in [3.63, 3.8) is 0 Å². The Kier molecular flexibility index (Phi) is 6.70. The lowest BCUT2D eigenvalue weighted by Gasteiger charge is -2.05. The molecule has 25 heavy (non-hydrogen) atoms. The highest BCUT2D eigenvalue weighted by atomic mass is 32.2. The lowest BCUT2D eigenvalue weighted by molar-refractivity contribution is -0.118. The SMILES string of the molecule is O=C(CCCCCS(=O)(=O)c1ccc(F)cc1)Cc1ccccc1O. The molecule has 0 saturated heterocycles. The van der Waals surface area contributed by atoms with E-state index in [-0.39, 0.29) is 28.6 Å². The molecule has 1 N–H and O–H groups in total.